The highest BCUT2D eigenvalue weighted by molar-refractivity contribution is 5.66. The number of aliphatic hydroxyl groups excluding tert-OH is 1. The second-order valence-electron chi connectivity index (χ2n) is 6.71. The van der Waals surface area contributed by atoms with E-state index in [4.69, 9.17) is 4.74 Å². The molecule has 130 valence electrons. The second-order valence-corrected chi connectivity index (χ2v) is 6.71. The van der Waals surface area contributed by atoms with E-state index >= 15 is 0 Å². The van der Waals surface area contributed by atoms with Gasteiger partial charge in [-0.2, -0.15) is 0 Å². The van der Waals surface area contributed by atoms with Gasteiger partial charge >= 0.3 is 6.09 Å². The van der Waals surface area contributed by atoms with Crippen LogP contribution in [0.2, 0.25) is 0 Å². The average molecular weight is 323 g/mol. The summed E-state index contributed by atoms with van der Waals surface area (Å²) in [5.74, 6) is 0.814. The van der Waals surface area contributed by atoms with Gasteiger partial charge in [0.25, 0.3) is 0 Å². The molecule has 0 saturated carbocycles. The highest BCUT2D eigenvalue weighted by Gasteiger charge is 2.32. The average Bonchev–Trinajstić information content (AvgIpc) is 2.46. The van der Waals surface area contributed by atoms with Crippen LogP contribution < -0.4 is 4.74 Å². The first kappa shape index (κ1) is 19.3. The van der Waals surface area contributed by atoms with Crippen LogP contribution in [0.15, 0.2) is 24.3 Å². The molecule has 5 heteroatoms. The van der Waals surface area contributed by atoms with Crippen LogP contribution in [0.1, 0.15) is 46.1 Å². The summed E-state index contributed by atoms with van der Waals surface area (Å²) in [5.41, 5.74) is 0.407. The summed E-state index contributed by atoms with van der Waals surface area (Å²) in [7, 11) is 0. The Labute approximate surface area is 138 Å². The van der Waals surface area contributed by atoms with Gasteiger partial charge in [-0.1, -0.05) is 25.5 Å². The first-order valence-electron chi connectivity index (χ1n) is 8.14. The molecule has 1 aromatic rings. The number of rotatable bonds is 8. The molecule has 2 N–H and O–H groups in total. The first-order chi connectivity index (χ1) is 10.8. The zero-order chi connectivity index (χ0) is 17.5. The van der Waals surface area contributed by atoms with Crippen LogP contribution in [-0.4, -0.2) is 46.0 Å². The maximum Gasteiger partial charge on any atom is 0.408 e. The highest BCUT2D eigenvalue weighted by atomic mass is 16.5. The van der Waals surface area contributed by atoms with E-state index in [0.717, 1.165) is 24.2 Å². The topological polar surface area (TPSA) is 70.0 Å². The molecule has 1 rings (SSSR count). The summed E-state index contributed by atoms with van der Waals surface area (Å²) < 4.78 is 5.62. The minimum absolute atomic E-state index is 0.210. The van der Waals surface area contributed by atoms with Crippen molar-refractivity contribution in [2.75, 3.05) is 13.2 Å². The van der Waals surface area contributed by atoms with Crippen LogP contribution in [0.3, 0.4) is 0 Å². The lowest BCUT2D eigenvalue weighted by molar-refractivity contribution is 0.0465. The molecule has 0 aromatic heterocycles. The number of benzene rings is 1. The summed E-state index contributed by atoms with van der Waals surface area (Å²) in [6.45, 7) is 8.09. The Kier molecular flexibility index (Phi) is 7.36. The standard InChI is InChI=1S/C18H29NO4/c1-5-6-11-23-16-9-7-14(8-10-16)12-15(13-20)19(17(21)22)18(2,3)4/h7-10,15,20H,5-6,11-13H2,1-4H3,(H,21,22)/t15-/m0/s1. The molecular formula is C18H29NO4. The Hall–Kier alpha value is -1.75. The van der Waals surface area contributed by atoms with E-state index in [9.17, 15) is 15.0 Å². The molecule has 0 radical (unpaired) electrons. The zero-order valence-corrected chi connectivity index (χ0v) is 14.6. The van der Waals surface area contributed by atoms with Crippen LogP contribution in [0.4, 0.5) is 4.79 Å². The fourth-order valence-electron chi connectivity index (χ4n) is 2.56. The Morgan fingerprint density at radius 1 is 1.26 bits per heavy atom. The summed E-state index contributed by atoms with van der Waals surface area (Å²) in [6.07, 6.45) is 1.56. The van der Waals surface area contributed by atoms with E-state index in [1.165, 1.54) is 4.90 Å². The number of ether oxygens (including phenoxy) is 1. The maximum absolute atomic E-state index is 11.5. The van der Waals surface area contributed by atoms with Crippen molar-refractivity contribution >= 4 is 6.09 Å². The Balaban J connectivity index is 2.76. The lowest BCUT2D eigenvalue weighted by Crippen LogP contribution is -2.53. The van der Waals surface area contributed by atoms with Gasteiger partial charge in [-0.15, -0.1) is 0 Å². The van der Waals surface area contributed by atoms with E-state index in [-0.39, 0.29) is 6.61 Å². The molecule has 0 unspecified atom stereocenters. The van der Waals surface area contributed by atoms with Crippen molar-refractivity contribution in [2.45, 2.75) is 58.5 Å². The van der Waals surface area contributed by atoms with Gasteiger partial charge in [0, 0.05) is 5.54 Å². The van der Waals surface area contributed by atoms with Crippen molar-refractivity contribution in [1.82, 2.24) is 4.90 Å². The van der Waals surface area contributed by atoms with Crippen LogP contribution >= 0.6 is 0 Å². The van der Waals surface area contributed by atoms with Crippen LogP contribution in [0.5, 0.6) is 5.75 Å². The minimum atomic E-state index is -1.02. The van der Waals surface area contributed by atoms with Gasteiger partial charge in [0.2, 0.25) is 0 Å². The number of amides is 1. The third kappa shape index (κ3) is 6.10. The van der Waals surface area contributed by atoms with Crippen LogP contribution in [-0.2, 0) is 6.42 Å². The molecule has 0 saturated heterocycles. The molecule has 0 heterocycles. The Morgan fingerprint density at radius 3 is 2.30 bits per heavy atom. The van der Waals surface area contributed by atoms with E-state index in [1.54, 1.807) is 0 Å². The lowest BCUT2D eigenvalue weighted by Gasteiger charge is -2.39. The van der Waals surface area contributed by atoms with Crippen molar-refractivity contribution in [3.8, 4) is 5.75 Å². The number of hydrogen-bond donors (Lipinski definition) is 2. The maximum atomic E-state index is 11.5. The molecule has 0 fully saturated rings. The summed E-state index contributed by atoms with van der Waals surface area (Å²) in [5, 5.41) is 19.1. The van der Waals surface area contributed by atoms with Gasteiger partial charge in [0.05, 0.1) is 19.3 Å². The van der Waals surface area contributed by atoms with Crippen LogP contribution in [0.25, 0.3) is 0 Å². The van der Waals surface area contributed by atoms with E-state index in [1.807, 2.05) is 45.0 Å². The van der Waals surface area contributed by atoms with Crippen LogP contribution in [0, 0.1) is 0 Å². The third-order valence-electron chi connectivity index (χ3n) is 3.67. The molecule has 23 heavy (non-hydrogen) atoms. The quantitative estimate of drug-likeness (QED) is 0.718. The predicted octanol–water partition coefficient (Wildman–Crippen LogP) is 3.55. The molecule has 0 aliphatic rings. The van der Waals surface area contributed by atoms with Crippen molar-refractivity contribution < 1.29 is 19.7 Å². The zero-order valence-electron chi connectivity index (χ0n) is 14.6. The molecule has 1 amide bonds. The second kappa shape index (κ2) is 8.77. The number of nitrogens with zero attached hydrogens (tertiary/aromatic N) is 1. The summed E-state index contributed by atoms with van der Waals surface area (Å²) in [4.78, 5) is 12.9. The Morgan fingerprint density at radius 2 is 1.87 bits per heavy atom. The van der Waals surface area contributed by atoms with Gasteiger partial charge in [-0.3, -0.25) is 4.90 Å². The molecule has 1 aromatic carbocycles. The molecule has 0 aliphatic heterocycles. The number of carboxylic acid groups (broad SMARTS) is 1. The normalized spacial score (nSPS) is 12.7. The van der Waals surface area contributed by atoms with Crippen molar-refractivity contribution in [3.05, 3.63) is 29.8 Å². The minimum Gasteiger partial charge on any atom is -0.494 e. The fourth-order valence-corrected chi connectivity index (χ4v) is 2.56. The molecule has 1 atom stereocenters. The molecule has 0 aliphatic carbocycles. The monoisotopic (exact) mass is 323 g/mol. The van der Waals surface area contributed by atoms with E-state index in [2.05, 4.69) is 6.92 Å². The number of hydrogen-bond acceptors (Lipinski definition) is 3. The van der Waals surface area contributed by atoms with Gasteiger partial charge < -0.3 is 14.9 Å². The summed E-state index contributed by atoms with van der Waals surface area (Å²) >= 11 is 0. The van der Waals surface area contributed by atoms with Gasteiger partial charge in [-0.05, 0) is 51.3 Å². The SMILES string of the molecule is CCCCOc1ccc(C[C@@H](CO)N(C(=O)O)C(C)(C)C)cc1. The summed E-state index contributed by atoms with van der Waals surface area (Å²) in [6, 6.07) is 7.15. The van der Waals surface area contributed by atoms with Crippen molar-refractivity contribution in [2.24, 2.45) is 0 Å². The van der Waals surface area contributed by atoms with Crippen molar-refractivity contribution in [1.29, 1.82) is 0 Å². The predicted molar refractivity (Wildman–Crippen MR) is 91.0 cm³/mol. The number of carbonyl (C=O) groups is 1. The molecular weight excluding hydrogens is 294 g/mol. The van der Waals surface area contributed by atoms with Gasteiger partial charge in [0.15, 0.2) is 0 Å². The number of aliphatic hydroxyl groups is 1. The largest absolute Gasteiger partial charge is 0.494 e. The third-order valence-corrected chi connectivity index (χ3v) is 3.67. The highest BCUT2D eigenvalue weighted by Crippen LogP contribution is 2.21. The molecule has 0 bridgehead atoms. The first-order valence-corrected chi connectivity index (χ1v) is 8.14. The van der Waals surface area contributed by atoms with E-state index < -0.39 is 17.7 Å². The number of unbranched alkanes of at least 4 members (excludes halogenated alkanes) is 1. The molecule has 5 nitrogen and oxygen atoms in total. The molecule has 0 spiro atoms. The fraction of sp³-hybridized carbons (Fsp3) is 0.611. The smallest absolute Gasteiger partial charge is 0.408 e. The lowest BCUT2D eigenvalue weighted by atomic mass is 9.99. The van der Waals surface area contributed by atoms with Gasteiger partial charge in [-0.25, -0.2) is 4.79 Å². The Bertz CT molecular complexity index is 479. The van der Waals surface area contributed by atoms with E-state index in [0.29, 0.717) is 13.0 Å². The van der Waals surface area contributed by atoms with Crippen molar-refractivity contribution in [3.63, 3.8) is 0 Å². The van der Waals surface area contributed by atoms with Gasteiger partial charge in [0.1, 0.15) is 5.75 Å².